The van der Waals surface area contributed by atoms with E-state index in [0.717, 1.165) is 38.2 Å². The van der Waals surface area contributed by atoms with Crippen molar-refractivity contribution in [2.24, 2.45) is 0 Å². The molecule has 1 aliphatic carbocycles. The summed E-state index contributed by atoms with van der Waals surface area (Å²) in [5, 5.41) is 3.06. The van der Waals surface area contributed by atoms with Gasteiger partial charge in [-0.05, 0) is 48.6 Å². The molecule has 0 bridgehead atoms. The van der Waals surface area contributed by atoms with Gasteiger partial charge in [-0.3, -0.25) is 0 Å². The molecule has 0 saturated heterocycles. The molecule has 122 valence electrons. The van der Waals surface area contributed by atoms with Crippen LogP contribution in [0.1, 0.15) is 49.1 Å². The second-order valence-corrected chi connectivity index (χ2v) is 5.83. The van der Waals surface area contributed by atoms with Gasteiger partial charge < -0.3 is 5.32 Å². The van der Waals surface area contributed by atoms with Crippen molar-refractivity contribution in [3.8, 4) is 0 Å². The highest BCUT2D eigenvalue weighted by atomic mass is 19.4. The summed E-state index contributed by atoms with van der Waals surface area (Å²) in [5.74, 6) is 0.543. The maximum absolute atomic E-state index is 13.0. The van der Waals surface area contributed by atoms with Crippen molar-refractivity contribution >= 4 is 11.6 Å². The van der Waals surface area contributed by atoms with Crippen LogP contribution in [0.5, 0.6) is 0 Å². The number of rotatable bonds is 3. The van der Waals surface area contributed by atoms with E-state index in [2.05, 4.69) is 15.3 Å². The fourth-order valence-corrected chi connectivity index (χ4v) is 3.09. The van der Waals surface area contributed by atoms with Gasteiger partial charge in [0.2, 0.25) is 5.95 Å². The predicted octanol–water partition coefficient (Wildman–Crippen LogP) is 5.29. The zero-order valence-electron chi connectivity index (χ0n) is 12.6. The van der Waals surface area contributed by atoms with Gasteiger partial charge in [-0.2, -0.15) is 13.2 Å². The standard InChI is InChI=1S/C17H18F3N3/c18-17(19,20)13-7-8-15(23-16-21-9-4-10-22-16)14(11-13)12-5-2-1-3-6-12/h4,7-12H,1-3,5-6H2,(H,21,22,23). The normalized spacial score (nSPS) is 16.3. The van der Waals surface area contributed by atoms with Crippen molar-refractivity contribution in [3.63, 3.8) is 0 Å². The molecule has 23 heavy (non-hydrogen) atoms. The summed E-state index contributed by atoms with van der Waals surface area (Å²) in [4.78, 5) is 8.17. The zero-order valence-corrected chi connectivity index (χ0v) is 12.6. The van der Waals surface area contributed by atoms with Gasteiger partial charge in [0.05, 0.1) is 5.56 Å². The number of halogens is 3. The molecule has 0 radical (unpaired) electrons. The van der Waals surface area contributed by atoms with Crippen LogP contribution in [0.15, 0.2) is 36.7 Å². The Bertz CT molecular complexity index is 650. The van der Waals surface area contributed by atoms with Crippen LogP contribution in [-0.2, 0) is 6.18 Å². The van der Waals surface area contributed by atoms with Gasteiger partial charge in [0.1, 0.15) is 0 Å². The van der Waals surface area contributed by atoms with Gasteiger partial charge in [-0.25, -0.2) is 9.97 Å². The van der Waals surface area contributed by atoms with Crippen LogP contribution in [0, 0.1) is 0 Å². The number of anilines is 2. The molecule has 1 saturated carbocycles. The Morgan fingerprint density at radius 2 is 1.70 bits per heavy atom. The summed E-state index contributed by atoms with van der Waals surface area (Å²) in [5.41, 5.74) is 0.778. The minimum absolute atomic E-state index is 0.150. The SMILES string of the molecule is FC(F)(F)c1ccc(Nc2ncccn2)c(C2CCCCC2)c1. The smallest absolute Gasteiger partial charge is 0.324 e. The average molecular weight is 321 g/mol. The topological polar surface area (TPSA) is 37.8 Å². The Kier molecular flexibility index (Phi) is 4.50. The molecule has 2 aromatic rings. The first-order valence-corrected chi connectivity index (χ1v) is 7.79. The Hall–Kier alpha value is -2.11. The molecule has 1 fully saturated rings. The third-order valence-corrected chi connectivity index (χ3v) is 4.24. The number of alkyl halides is 3. The fourth-order valence-electron chi connectivity index (χ4n) is 3.09. The van der Waals surface area contributed by atoms with Crippen LogP contribution in [0.3, 0.4) is 0 Å². The molecular weight excluding hydrogens is 303 g/mol. The summed E-state index contributed by atoms with van der Waals surface area (Å²) < 4.78 is 39.1. The van der Waals surface area contributed by atoms with E-state index in [-0.39, 0.29) is 5.92 Å². The molecule has 0 atom stereocenters. The molecule has 1 aromatic heterocycles. The number of benzene rings is 1. The molecule has 3 nitrogen and oxygen atoms in total. The molecular formula is C17H18F3N3. The maximum atomic E-state index is 13.0. The maximum Gasteiger partial charge on any atom is 0.416 e. The van der Waals surface area contributed by atoms with Crippen molar-refractivity contribution in [2.45, 2.75) is 44.2 Å². The van der Waals surface area contributed by atoms with E-state index in [1.807, 2.05) is 0 Å². The Morgan fingerprint density at radius 1 is 1.00 bits per heavy atom. The monoisotopic (exact) mass is 321 g/mol. The number of hydrogen-bond acceptors (Lipinski definition) is 3. The average Bonchev–Trinajstić information content (AvgIpc) is 2.56. The quantitative estimate of drug-likeness (QED) is 0.835. The van der Waals surface area contributed by atoms with E-state index in [9.17, 15) is 13.2 Å². The molecule has 0 spiro atoms. The highest BCUT2D eigenvalue weighted by molar-refractivity contribution is 5.60. The first-order chi connectivity index (χ1) is 11.0. The van der Waals surface area contributed by atoms with Crippen LogP contribution in [0.2, 0.25) is 0 Å². The van der Waals surface area contributed by atoms with Gasteiger partial charge in [0.15, 0.2) is 0 Å². The first-order valence-electron chi connectivity index (χ1n) is 7.79. The van der Waals surface area contributed by atoms with Crippen LogP contribution < -0.4 is 5.32 Å². The molecule has 6 heteroatoms. The number of nitrogens with one attached hydrogen (secondary N) is 1. The molecule has 1 heterocycles. The van der Waals surface area contributed by atoms with E-state index in [0.29, 0.717) is 17.2 Å². The second-order valence-electron chi connectivity index (χ2n) is 5.83. The Morgan fingerprint density at radius 3 is 2.35 bits per heavy atom. The molecule has 0 aliphatic heterocycles. The first kappa shape index (κ1) is 15.8. The highest BCUT2D eigenvalue weighted by Gasteiger charge is 2.32. The second kappa shape index (κ2) is 6.56. The van der Waals surface area contributed by atoms with Crippen LogP contribution in [0.4, 0.5) is 24.8 Å². The third-order valence-electron chi connectivity index (χ3n) is 4.24. The van der Waals surface area contributed by atoms with Crippen molar-refractivity contribution in [1.29, 1.82) is 0 Å². The van der Waals surface area contributed by atoms with Gasteiger partial charge in [-0.1, -0.05) is 19.3 Å². The van der Waals surface area contributed by atoms with Crippen LogP contribution in [-0.4, -0.2) is 9.97 Å². The third kappa shape index (κ3) is 3.81. The van der Waals surface area contributed by atoms with E-state index >= 15 is 0 Å². The summed E-state index contributed by atoms with van der Waals surface area (Å²) in [6.07, 6.45) is 3.98. The predicted molar refractivity (Wildman–Crippen MR) is 82.6 cm³/mol. The molecule has 1 N–H and O–H groups in total. The van der Waals surface area contributed by atoms with Crippen LogP contribution >= 0.6 is 0 Å². The van der Waals surface area contributed by atoms with Gasteiger partial charge in [0, 0.05) is 18.1 Å². The largest absolute Gasteiger partial charge is 0.416 e. The van der Waals surface area contributed by atoms with E-state index < -0.39 is 11.7 Å². The summed E-state index contributed by atoms with van der Waals surface area (Å²) in [6, 6.07) is 5.57. The molecule has 1 aromatic carbocycles. The van der Waals surface area contributed by atoms with E-state index in [4.69, 9.17) is 0 Å². The lowest BCUT2D eigenvalue weighted by atomic mass is 9.82. The Labute approximate surface area is 133 Å². The lowest BCUT2D eigenvalue weighted by molar-refractivity contribution is -0.137. The summed E-state index contributed by atoms with van der Waals surface area (Å²) >= 11 is 0. The fraction of sp³-hybridized carbons (Fsp3) is 0.412. The highest BCUT2D eigenvalue weighted by Crippen LogP contribution is 2.40. The van der Waals surface area contributed by atoms with Crippen molar-refractivity contribution in [1.82, 2.24) is 9.97 Å². The molecule has 1 aliphatic rings. The lowest BCUT2D eigenvalue weighted by Crippen LogP contribution is -2.11. The summed E-state index contributed by atoms with van der Waals surface area (Å²) in [7, 11) is 0. The van der Waals surface area contributed by atoms with Gasteiger partial charge in [-0.15, -0.1) is 0 Å². The number of aromatic nitrogens is 2. The summed E-state index contributed by atoms with van der Waals surface area (Å²) in [6.45, 7) is 0. The Balaban J connectivity index is 1.96. The van der Waals surface area contributed by atoms with Gasteiger partial charge >= 0.3 is 6.18 Å². The van der Waals surface area contributed by atoms with Crippen molar-refractivity contribution < 1.29 is 13.2 Å². The van der Waals surface area contributed by atoms with E-state index in [1.54, 1.807) is 18.5 Å². The van der Waals surface area contributed by atoms with Crippen LogP contribution in [0.25, 0.3) is 0 Å². The zero-order chi connectivity index (χ0) is 16.3. The molecule has 3 rings (SSSR count). The number of nitrogens with zero attached hydrogens (tertiary/aromatic N) is 2. The van der Waals surface area contributed by atoms with Crippen molar-refractivity contribution in [3.05, 3.63) is 47.8 Å². The minimum Gasteiger partial charge on any atom is -0.324 e. The van der Waals surface area contributed by atoms with Crippen molar-refractivity contribution in [2.75, 3.05) is 5.32 Å². The molecule has 0 unspecified atom stereocenters. The lowest BCUT2D eigenvalue weighted by Gasteiger charge is -2.25. The minimum atomic E-state index is -4.33. The van der Waals surface area contributed by atoms with Gasteiger partial charge in [0.25, 0.3) is 0 Å². The molecule has 0 amide bonds. The van der Waals surface area contributed by atoms with E-state index in [1.165, 1.54) is 12.1 Å². The number of hydrogen-bond donors (Lipinski definition) is 1.